The van der Waals surface area contributed by atoms with E-state index in [0.717, 1.165) is 12.1 Å². The average Bonchev–Trinajstić information content (AvgIpc) is 3.66. The summed E-state index contributed by atoms with van der Waals surface area (Å²) < 4.78 is 2.60. The number of nitrogens with zero attached hydrogens (tertiary/aromatic N) is 1. The van der Waals surface area contributed by atoms with E-state index in [1.54, 1.807) is 0 Å². The van der Waals surface area contributed by atoms with Crippen LogP contribution in [0, 0.1) is 0 Å². The van der Waals surface area contributed by atoms with E-state index in [1.165, 1.54) is 64.8 Å². The van der Waals surface area contributed by atoms with Crippen molar-refractivity contribution in [1.29, 1.82) is 0 Å². The van der Waals surface area contributed by atoms with Gasteiger partial charge in [0.15, 0.2) is 0 Å². The van der Waals surface area contributed by atoms with E-state index >= 15 is 0 Å². The van der Waals surface area contributed by atoms with Crippen molar-refractivity contribution in [2.24, 2.45) is 4.99 Å². The van der Waals surface area contributed by atoms with Crippen molar-refractivity contribution in [3.05, 3.63) is 150 Å². The number of aliphatic imine (C=N–C) groups is 1. The molecule has 1 unspecified atom stereocenters. The second-order valence-electron chi connectivity index (χ2n) is 10.4. The van der Waals surface area contributed by atoms with Gasteiger partial charge in [0.25, 0.3) is 0 Å². The predicted octanol–water partition coefficient (Wildman–Crippen LogP) is 9.80. The Morgan fingerprint density at radius 3 is 2.05 bits per heavy atom. The molecular weight excluding hydrogens is 504 g/mol. The third-order valence-corrected chi connectivity index (χ3v) is 9.07. The predicted molar refractivity (Wildman–Crippen MR) is 171 cm³/mol. The molecule has 1 N–H and O–H groups in total. The molecule has 0 saturated carbocycles. The summed E-state index contributed by atoms with van der Waals surface area (Å²) in [5, 5.41) is 6.46. The smallest absolute Gasteiger partial charge is 0.146 e. The molecule has 6 aromatic rings. The SMILES string of the molecule is C1=CC2=NC(c3cc(-c4ccc(-c5ccccc5)cc4)cc4sc5ccccc5c34)NC(c3ccccc3)=C2C1. The highest BCUT2D eigenvalue weighted by molar-refractivity contribution is 7.25. The van der Waals surface area contributed by atoms with Crippen molar-refractivity contribution in [2.75, 3.05) is 0 Å². The topological polar surface area (TPSA) is 24.4 Å². The Balaban J connectivity index is 1.29. The number of benzene rings is 5. The molecule has 1 aliphatic heterocycles. The van der Waals surface area contributed by atoms with E-state index in [-0.39, 0.29) is 6.17 Å². The van der Waals surface area contributed by atoms with Crippen LogP contribution in [-0.2, 0) is 0 Å². The summed E-state index contributed by atoms with van der Waals surface area (Å²) in [5.74, 6) is 0. The van der Waals surface area contributed by atoms with Crippen LogP contribution >= 0.6 is 11.3 Å². The van der Waals surface area contributed by atoms with Crippen LogP contribution in [0.25, 0.3) is 48.1 Å². The minimum Gasteiger partial charge on any atom is -0.359 e. The zero-order chi connectivity index (χ0) is 26.5. The zero-order valence-electron chi connectivity index (χ0n) is 21.8. The van der Waals surface area contributed by atoms with Crippen LogP contribution < -0.4 is 5.32 Å². The first-order chi connectivity index (χ1) is 19.8. The molecule has 2 heterocycles. The van der Waals surface area contributed by atoms with E-state index in [0.29, 0.717) is 0 Å². The third kappa shape index (κ3) is 3.90. The fourth-order valence-corrected chi connectivity index (χ4v) is 7.18. The summed E-state index contributed by atoms with van der Waals surface area (Å²) in [6.07, 6.45) is 5.14. The van der Waals surface area contributed by atoms with Gasteiger partial charge in [-0.3, -0.25) is 4.99 Å². The second kappa shape index (κ2) is 9.48. The van der Waals surface area contributed by atoms with Gasteiger partial charge in [-0.05, 0) is 58.5 Å². The van der Waals surface area contributed by atoms with E-state index in [1.807, 2.05) is 11.3 Å². The molecule has 190 valence electrons. The van der Waals surface area contributed by atoms with Crippen molar-refractivity contribution < 1.29 is 0 Å². The summed E-state index contributed by atoms with van der Waals surface area (Å²) in [4.78, 5) is 5.28. The van der Waals surface area contributed by atoms with Crippen molar-refractivity contribution in [2.45, 2.75) is 12.6 Å². The molecule has 1 aliphatic carbocycles. The van der Waals surface area contributed by atoms with Crippen molar-refractivity contribution in [1.82, 2.24) is 5.32 Å². The molecular formula is C37H26N2S. The summed E-state index contributed by atoms with van der Waals surface area (Å²) in [7, 11) is 0. The molecule has 40 heavy (non-hydrogen) atoms. The molecule has 3 heteroatoms. The maximum Gasteiger partial charge on any atom is 0.146 e. The molecule has 5 aromatic carbocycles. The van der Waals surface area contributed by atoms with Crippen LogP contribution in [0.4, 0.5) is 0 Å². The molecule has 1 aromatic heterocycles. The molecule has 0 bridgehead atoms. The maximum absolute atomic E-state index is 5.28. The highest BCUT2D eigenvalue weighted by atomic mass is 32.1. The molecule has 8 rings (SSSR count). The fourth-order valence-electron chi connectivity index (χ4n) is 6.00. The zero-order valence-corrected chi connectivity index (χ0v) is 22.7. The molecule has 0 amide bonds. The Kier molecular flexibility index (Phi) is 5.49. The van der Waals surface area contributed by atoms with Gasteiger partial charge in [0.1, 0.15) is 6.17 Å². The average molecular weight is 531 g/mol. The van der Waals surface area contributed by atoms with Gasteiger partial charge >= 0.3 is 0 Å². The van der Waals surface area contributed by atoms with Crippen molar-refractivity contribution >= 4 is 42.9 Å². The highest BCUT2D eigenvalue weighted by Crippen LogP contribution is 2.43. The first-order valence-electron chi connectivity index (χ1n) is 13.7. The molecule has 2 nitrogen and oxygen atoms in total. The third-order valence-electron chi connectivity index (χ3n) is 7.95. The lowest BCUT2D eigenvalue weighted by Crippen LogP contribution is -2.26. The van der Waals surface area contributed by atoms with Gasteiger partial charge in [0.2, 0.25) is 0 Å². The monoisotopic (exact) mass is 530 g/mol. The van der Waals surface area contributed by atoms with Crippen LogP contribution in [0.1, 0.15) is 23.7 Å². The van der Waals surface area contributed by atoms with Crippen LogP contribution in [0.3, 0.4) is 0 Å². The minimum absolute atomic E-state index is 0.180. The largest absolute Gasteiger partial charge is 0.359 e. The quantitative estimate of drug-likeness (QED) is 0.241. The van der Waals surface area contributed by atoms with Gasteiger partial charge in [-0.1, -0.05) is 109 Å². The van der Waals surface area contributed by atoms with Crippen molar-refractivity contribution in [3.63, 3.8) is 0 Å². The molecule has 0 spiro atoms. The Morgan fingerprint density at radius 2 is 1.27 bits per heavy atom. The van der Waals surface area contributed by atoms with Crippen LogP contribution in [0.15, 0.2) is 144 Å². The van der Waals surface area contributed by atoms with Gasteiger partial charge in [-0.2, -0.15) is 0 Å². The number of hydrogen-bond donors (Lipinski definition) is 1. The minimum atomic E-state index is -0.180. The lowest BCUT2D eigenvalue weighted by molar-refractivity contribution is 0.666. The highest BCUT2D eigenvalue weighted by Gasteiger charge is 2.27. The summed E-state index contributed by atoms with van der Waals surface area (Å²) in [5.41, 5.74) is 10.9. The van der Waals surface area contributed by atoms with Gasteiger partial charge in [-0.25, -0.2) is 0 Å². The number of thiophene rings is 1. The lowest BCUT2D eigenvalue weighted by Gasteiger charge is -2.27. The van der Waals surface area contributed by atoms with E-state index in [2.05, 4.69) is 139 Å². The number of nitrogens with one attached hydrogen (secondary N) is 1. The van der Waals surface area contributed by atoms with Crippen LogP contribution in [0.5, 0.6) is 0 Å². The standard InChI is InChI=1S/C37H26N2S/c1-3-10-24(11-4-1)25-18-20-26(21-19-25)28-22-31(35-30-14-7-8-17-33(30)40-34(35)23-28)37-38-32-16-9-15-29(32)36(39-37)27-12-5-2-6-13-27/h1-14,16-23,37,39H,15H2. The molecule has 1 atom stereocenters. The Bertz CT molecular complexity index is 1980. The maximum atomic E-state index is 5.28. The fraction of sp³-hybridized carbons (Fsp3) is 0.0541. The molecule has 2 aliphatic rings. The first-order valence-corrected chi connectivity index (χ1v) is 14.5. The van der Waals surface area contributed by atoms with Crippen molar-refractivity contribution in [3.8, 4) is 22.3 Å². The van der Waals surface area contributed by atoms with Gasteiger partial charge in [0.05, 0.1) is 5.71 Å². The number of fused-ring (bicyclic) bond motifs is 4. The number of hydrogen-bond acceptors (Lipinski definition) is 3. The summed E-state index contributed by atoms with van der Waals surface area (Å²) >= 11 is 1.86. The van der Waals surface area contributed by atoms with Crippen LogP contribution in [0.2, 0.25) is 0 Å². The van der Waals surface area contributed by atoms with E-state index in [4.69, 9.17) is 4.99 Å². The van der Waals surface area contributed by atoms with Crippen LogP contribution in [-0.4, -0.2) is 5.71 Å². The Morgan fingerprint density at radius 1 is 0.625 bits per heavy atom. The first kappa shape index (κ1) is 23.2. The number of rotatable bonds is 4. The molecule has 0 fully saturated rings. The van der Waals surface area contributed by atoms with Gasteiger partial charge < -0.3 is 5.32 Å². The Hall–Kier alpha value is -4.73. The molecule has 0 saturated heterocycles. The van der Waals surface area contributed by atoms with Gasteiger partial charge in [0, 0.05) is 37.0 Å². The normalized spacial score (nSPS) is 16.3. The number of allylic oxidation sites excluding steroid dienone is 3. The molecule has 0 radical (unpaired) electrons. The summed E-state index contributed by atoms with van der Waals surface area (Å²) in [6, 6.07) is 43.6. The lowest BCUT2D eigenvalue weighted by atomic mass is 9.94. The van der Waals surface area contributed by atoms with E-state index in [9.17, 15) is 0 Å². The second-order valence-corrected chi connectivity index (χ2v) is 11.5. The van der Waals surface area contributed by atoms with Gasteiger partial charge in [-0.15, -0.1) is 11.3 Å². The van der Waals surface area contributed by atoms with E-state index < -0.39 is 0 Å². The Labute approximate surface area is 237 Å². The summed E-state index contributed by atoms with van der Waals surface area (Å²) in [6.45, 7) is 0.